The number of hydrogen-bond donors (Lipinski definition) is 1. The maximum atomic E-state index is 13.7. The van der Waals surface area contributed by atoms with Crippen molar-refractivity contribution in [3.63, 3.8) is 0 Å². The van der Waals surface area contributed by atoms with Crippen molar-refractivity contribution >= 4 is 16.0 Å². The zero-order chi connectivity index (χ0) is 18.9. The molecule has 10 heteroatoms. The molecule has 2 heterocycles. The second kappa shape index (κ2) is 7.06. The Labute approximate surface area is 148 Å². The van der Waals surface area contributed by atoms with E-state index in [-0.39, 0.29) is 31.3 Å². The van der Waals surface area contributed by atoms with Crippen molar-refractivity contribution in [3.05, 3.63) is 46.5 Å². The number of rotatable bonds is 5. The molecule has 0 saturated carbocycles. The highest BCUT2D eigenvalue weighted by molar-refractivity contribution is 7.89. The monoisotopic (exact) mass is 385 g/mol. The van der Waals surface area contributed by atoms with Crippen molar-refractivity contribution in [2.45, 2.75) is 25.2 Å². The number of benzene rings is 1. The van der Waals surface area contributed by atoms with Crippen LogP contribution < -0.4 is 9.46 Å². The highest BCUT2D eigenvalue weighted by Gasteiger charge is 2.25. The Hall–Kier alpha value is -2.43. The van der Waals surface area contributed by atoms with Gasteiger partial charge in [-0.2, -0.15) is 0 Å². The average molecular weight is 385 g/mol. The number of hydrogen-bond acceptors (Lipinski definition) is 7. The largest absolute Gasteiger partial charge is 0.467 e. The molecule has 0 radical (unpaired) electrons. The number of aryl methyl sites for hydroxylation is 1. The molecule has 3 rings (SSSR count). The van der Waals surface area contributed by atoms with Gasteiger partial charge in [-0.05, 0) is 19.1 Å². The Balaban J connectivity index is 1.84. The first-order valence-corrected chi connectivity index (χ1v) is 9.00. The van der Waals surface area contributed by atoms with Gasteiger partial charge in [0.1, 0.15) is 22.9 Å². The molecule has 2 aromatic rings. The third kappa shape index (κ3) is 3.57. The molecule has 1 N–H and O–H groups in total. The van der Waals surface area contributed by atoms with Crippen molar-refractivity contribution in [1.29, 1.82) is 0 Å². The molecule has 1 aliphatic heterocycles. The maximum absolute atomic E-state index is 13.7. The summed E-state index contributed by atoms with van der Waals surface area (Å²) in [4.78, 5) is 11.6. The van der Waals surface area contributed by atoms with Crippen molar-refractivity contribution in [1.82, 2.24) is 4.72 Å². The van der Waals surface area contributed by atoms with Crippen LogP contribution in [0.2, 0.25) is 0 Å². The molecule has 0 unspecified atom stereocenters. The van der Waals surface area contributed by atoms with Crippen LogP contribution in [-0.4, -0.2) is 28.3 Å². The highest BCUT2D eigenvalue weighted by Crippen LogP contribution is 2.30. The molecular weight excluding hydrogens is 369 g/mol. The number of esters is 1. The van der Waals surface area contributed by atoms with Gasteiger partial charge in [0.05, 0.1) is 13.7 Å². The Kier molecular flexibility index (Phi) is 4.99. The third-order valence-corrected chi connectivity index (χ3v) is 5.02. The number of nitrogens with one attached hydrogen (secondary N) is 1. The zero-order valence-electron chi connectivity index (χ0n) is 14.0. The van der Waals surface area contributed by atoms with Crippen LogP contribution >= 0.6 is 0 Å². The zero-order valence-corrected chi connectivity index (χ0v) is 14.8. The number of sulfonamides is 1. The van der Waals surface area contributed by atoms with Gasteiger partial charge in [0, 0.05) is 23.7 Å². The molecule has 0 spiro atoms. The molecule has 140 valence electrons. The number of halogens is 1. The molecule has 8 nitrogen and oxygen atoms in total. The summed E-state index contributed by atoms with van der Waals surface area (Å²) in [5.41, 5.74) is 0.826. The summed E-state index contributed by atoms with van der Waals surface area (Å²) in [7, 11) is -2.90. The van der Waals surface area contributed by atoms with Crippen LogP contribution in [0.4, 0.5) is 4.39 Å². The van der Waals surface area contributed by atoms with Gasteiger partial charge >= 0.3 is 5.97 Å². The average Bonchev–Trinajstić information content (AvgIpc) is 3.01. The van der Waals surface area contributed by atoms with E-state index >= 15 is 0 Å². The minimum atomic E-state index is -4.07. The topological polar surface area (TPSA) is 104 Å². The predicted octanol–water partition coefficient (Wildman–Crippen LogP) is 1.86. The number of furan rings is 1. The summed E-state index contributed by atoms with van der Waals surface area (Å²) in [6, 6.07) is 3.53. The molecule has 0 atom stereocenters. The van der Waals surface area contributed by atoms with Gasteiger partial charge in [0.15, 0.2) is 6.79 Å². The minimum Gasteiger partial charge on any atom is -0.467 e. The first-order valence-electron chi connectivity index (χ1n) is 7.52. The number of fused-ring (bicyclic) bond motifs is 1. The first-order chi connectivity index (χ1) is 12.3. The molecule has 0 amide bonds. The fourth-order valence-electron chi connectivity index (χ4n) is 2.53. The lowest BCUT2D eigenvalue weighted by molar-refractivity contribution is -0.0172. The van der Waals surface area contributed by atoms with E-state index in [0.717, 1.165) is 6.07 Å². The number of carbonyl (C=O) groups is 1. The van der Waals surface area contributed by atoms with E-state index < -0.39 is 26.9 Å². The Morgan fingerprint density at radius 3 is 2.85 bits per heavy atom. The van der Waals surface area contributed by atoms with Crippen LogP contribution in [-0.2, 0) is 32.6 Å². The van der Waals surface area contributed by atoms with Crippen LogP contribution in [0.25, 0.3) is 0 Å². The quantitative estimate of drug-likeness (QED) is 0.784. The number of methoxy groups -OCH3 is 1. The van der Waals surface area contributed by atoms with Crippen molar-refractivity contribution in [3.8, 4) is 5.75 Å². The fourth-order valence-corrected chi connectivity index (χ4v) is 3.53. The van der Waals surface area contributed by atoms with Crippen LogP contribution in [0.5, 0.6) is 5.75 Å². The van der Waals surface area contributed by atoms with Crippen molar-refractivity contribution in [2.75, 3.05) is 13.9 Å². The van der Waals surface area contributed by atoms with E-state index in [9.17, 15) is 17.6 Å². The Morgan fingerprint density at radius 2 is 2.12 bits per heavy atom. The Bertz CT molecular complexity index is 952. The second-order valence-electron chi connectivity index (χ2n) is 5.52. The van der Waals surface area contributed by atoms with Gasteiger partial charge in [0.2, 0.25) is 5.09 Å². The summed E-state index contributed by atoms with van der Waals surface area (Å²) in [6.45, 7) is 1.39. The van der Waals surface area contributed by atoms with E-state index in [1.165, 1.54) is 26.2 Å². The molecule has 0 aliphatic carbocycles. The summed E-state index contributed by atoms with van der Waals surface area (Å²) < 4.78 is 61.0. The molecule has 1 aliphatic rings. The smallest absolute Gasteiger partial charge is 0.341 e. The summed E-state index contributed by atoms with van der Waals surface area (Å²) in [5, 5.41) is -0.440. The predicted molar refractivity (Wildman–Crippen MR) is 85.5 cm³/mol. The Morgan fingerprint density at radius 1 is 1.35 bits per heavy atom. The van der Waals surface area contributed by atoms with Crippen LogP contribution in [0.1, 0.15) is 27.2 Å². The molecule has 0 saturated heterocycles. The van der Waals surface area contributed by atoms with E-state index in [0.29, 0.717) is 16.9 Å². The van der Waals surface area contributed by atoms with Crippen LogP contribution in [0, 0.1) is 12.7 Å². The summed E-state index contributed by atoms with van der Waals surface area (Å²) in [6.07, 6.45) is 0. The lowest BCUT2D eigenvalue weighted by Gasteiger charge is -2.20. The standard InChI is InChI=1S/C16H16FNO7S/c1-9-13(16(19)22-2)5-14(25-9)26(20,21)18-6-10-3-12(17)4-11-7-23-8-24-15(10)11/h3-5,18H,6-8H2,1-2H3. The summed E-state index contributed by atoms with van der Waals surface area (Å²) in [5.74, 6) is -0.749. The molecule has 0 fully saturated rings. The lowest BCUT2D eigenvalue weighted by atomic mass is 10.1. The van der Waals surface area contributed by atoms with Gasteiger partial charge in [0.25, 0.3) is 10.0 Å². The van der Waals surface area contributed by atoms with Gasteiger partial charge in [-0.25, -0.2) is 22.3 Å². The first kappa shape index (κ1) is 18.4. The summed E-state index contributed by atoms with van der Waals surface area (Å²) >= 11 is 0. The van der Waals surface area contributed by atoms with Gasteiger partial charge in [-0.3, -0.25) is 0 Å². The number of carbonyl (C=O) groups excluding carboxylic acids is 1. The van der Waals surface area contributed by atoms with E-state index in [2.05, 4.69) is 9.46 Å². The van der Waals surface area contributed by atoms with Crippen LogP contribution in [0.3, 0.4) is 0 Å². The second-order valence-corrected chi connectivity index (χ2v) is 7.21. The van der Waals surface area contributed by atoms with Crippen molar-refractivity contribution < 1.29 is 36.2 Å². The van der Waals surface area contributed by atoms with E-state index in [1.54, 1.807) is 0 Å². The maximum Gasteiger partial charge on any atom is 0.341 e. The van der Waals surface area contributed by atoms with Gasteiger partial charge in [-0.1, -0.05) is 0 Å². The molecular formula is C16H16FNO7S. The fraction of sp³-hybridized carbons (Fsp3) is 0.312. The SMILES string of the molecule is COC(=O)c1cc(S(=O)(=O)NCc2cc(F)cc3c2OCOC3)oc1C. The van der Waals surface area contributed by atoms with Crippen molar-refractivity contribution in [2.24, 2.45) is 0 Å². The molecule has 0 bridgehead atoms. The highest BCUT2D eigenvalue weighted by atomic mass is 32.2. The third-order valence-electron chi connectivity index (χ3n) is 3.77. The van der Waals surface area contributed by atoms with Gasteiger partial charge in [-0.15, -0.1) is 0 Å². The van der Waals surface area contributed by atoms with E-state index in [1.807, 2.05) is 0 Å². The van der Waals surface area contributed by atoms with Gasteiger partial charge < -0.3 is 18.6 Å². The number of ether oxygens (including phenoxy) is 3. The molecule has 1 aromatic heterocycles. The lowest BCUT2D eigenvalue weighted by Crippen LogP contribution is -2.24. The van der Waals surface area contributed by atoms with E-state index in [4.69, 9.17) is 13.9 Å². The normalized spacial score (nSPS) is 13.8. The minimum absolute atomic E-state index is 0.00174. The van der Waals surface area contributed by atoms with Crippen LogP contribution in [0.15, 0.2) is 27.7 Å². The molecule has 26 heavy (non-hydrogen) atoms. The molecule has 1 aromatic carbocycles.